The SMILES string of the molecule is Cc1nn(C)c(C)c1C(N)c1nn[nH]n1. The highest BCUT2D eigenvalue weighted by molar-refractivity contribution is 5.31. The van der Waals surface area contributed by atoms with Crippen LogP contribution in [0.3, 0.4) is 0 Å². The Kier molecular flexibility index (Phi) is 2.24. The molecule has 2 aromatic rings. The van der Waals surface area contributed by atoms with Crippen LogP contribution in [0, 0.1) is 13.8 Å². The fraction of sp³-hybridized carbons (Fsp3) is 0.500. The Morgan fingerprint density at radius 1 is 1.40 bits per heavy atom. The summed E-state index contributed by atoms with van der Waals surface area (Å²) in [6.07, 6.45) is 0. The molecular formula is C8H13N7. The van der Waals surface area contributed by atoms with E-state index < -0.39 is 0 Å². The van der Waals surface area contributed by atoms with Crippen LogP contribution in [-0.2, 0) is 7.05 Å². The summed E-state index contributed by atoms with van der Waals surface area (Å²) in [5.74, 6) is 0.481. The van der Waals surface area contributed by atoms with Crippen LogP contribution in [0.1, 0.15) is 28.8 Å². The lowest BCUT2D eigenvalue weighted by Gasteiger charge is -2.07. The molecule has 0 amide bonds. The zero-order valence-electron chi connectivity index (χ0n) is 8.89. The van der Waals surface area contributed by atoms with Crippen LogP contribution in [0.15, 0.2) is 0 Å². The van der Waals surface area contributed by atoms with Gasteiger partial charge in [-0.3, -0.25) is 4.68 Å². The normalized spacial score (nSPS) is 13.1. The van der Waals surface area contributed by atoms with Gasteiger partial charge in [0.2, 0.25) is 0 Å². The Labute approximate surface area is 86.7 Å². The van der Waals surface area contributed by atoms with E-state index in [1.807, 2.05) is 20.9 Å². The number of rotatable bonds is 2. The highest BCUT2D eigenvalue weighted by Gasteiger charge is 2.21. The van der Waals surface area contributed by atoms with Gasteiger partial charge >= 0.3 is 0 Å². The Bertz CT molecular complexity index is 456. The maximum Gasteiger partial charge on any atom is 0.195 e. The van der Waals surface area contributed by atoms with Crippen LogP contribution in [0.2, 0.25) is 0 Å². The molecule has 0 bridgehead atoms. The van der Waals surface area contributed by atoms with E-state index in [9.17, 15) is 0 Å². The molecule has 0 aliphatic heterocycles. The summed E-state index contributed by atoms with van der Waals surface area (Å²) in [6, 6.07) is -0.377. The van der Waals surface area contributed by atoms with E-state index in [1.165, 1.54) is 0 Å². The van der Waals surface area contributed by atoms with E-state index in [4.69, 9.17) is 5.73 Å². The molecule has 3 N–H and O–H groups in total. The second-order valence-electron chi connectivity index (χ2n) is 3.46. The van der Waals surface area contributed by atoms with E-state index in [-0.39, 0.29) is 6.04 Å². The number of hydrogen-bond acceptors (Lipinski definition) is 5. The first-order valence-corrected chi connectivity index (χ1v) is 4.60. The minimum atomic E-state index is -0.377. The number of tetrazole rings is 1. The zero-order chi connectivity index (χ0) is 11.0. The number of nitrogens with one attached hydrogen (secondary N) is 1. The molecule has 0 aromatic carbocycles. The zero-order valence-corrected chi connectivity index (χ0v) is 8.89. The minimum Gasteiger partial charge on any atom is -0.317 e. The largest absolute Gasteiger partial charge is 0.317 e. The molecular weight excluding hydrogens is 194 g/mol. The highest BCUT2D eigenvalue weighted by atomic mass is 15.5. The van der Waals surface area contributed by atoms with Gasteiger partial charge in [0.25, 0.3) is 0 Å². The lowest BCUT2D eigenvalue weighted by Crippen LogP contribution is -2.15. The molecule has 7 heteroatoms. The summed E-state index contributed by atoms with van der Waals surface area (Å²) in [6.45, 7) is 3.89. The molecule has 0 saturated carbocycles. The van der Waals surface area contributed by atoms with Crippen LogP contribution in [0.25, 0.3) is 0 Å². The standard InChI is InChI=1S/C8H13N7/c1-4-6(5(2)15(3)12-4)7(9)8-10-13-14-11-8/h7H,9H2,1-3H3,(H,10,11,13,14). The summed E-state index contributed by atoms with van der Waals surface area (Å²) in [4.78, 5) is 0. The number of nitrogens with two attached hydrogens (primary N) is 1. The molecule has 80 valence electrons. The van der Waals surface area contributed by atoms with Crippen molar-refractivity contribution in [2.24, 2.45) is 12.8 Å². The van der Waals surface area contributed by atoms with Crippen molar-refractivity contribution in [3.05, 3.63) is 22.8 Å². The summed E-state index contributed by atoms with van der Waals surface area (Å²) in [7, 11) is 1.88. The predicted octanol–water partition coefficient (Wildman–Crippen LogP) is -0.402. The topological polar surface area (TPSA) is 98.3 Å². The first kappa shape index (κ1) is 9.78. The molecule has 1 atom stereocenters. The lowest BCUT2D eigenvalue weighted by molar-refractivity contribution is 0.724. The van der Waals surface area contributed by atoms with Crippen LogP contribution in [0.5, 0.6) is 0 Å². The third-order valence-electron chi connectivity index (χ3n) is 2.52. The fourth-order valence-electron chi connectivity index (χ4n) is 1.67. The van der Waals surface area contributed by atoms with Crippen LogP contribution in [-0.4, -0.2) is 30.4 Å². The van der Waals surface area contributed by atoms with Crippen molar-refractivity contribution in [1.82, 2.24) is 30.4 Å². The maximum atomic E-state index is 6.04. The monoisotopic (exact) mass is 207 g/mol. The Morgan fingerprint density at radius 2 is 2.13 bits per heavy atom. The van der Waals surface area contributed by atoms with E-state index in [0.717, 1.165) is 17.0 Å². The van der Waals surface area contributed by atoms with Crippen molar-refractivity contribution in [1.29, 1.82) is 0 Å². The maximum absolute atomic E-state index is 6.04. The van der Waals surface area contributed by atoms with Crippen molar-refractivity contribution in [2.75, 3.05) is 0 Å². The van der Waals surface area contributed by atoms with Crippen molar-refractivity contribution in [3.63, 3.8) is 0 Å². The molecule has 0 spiro atoms. The summed E-state index contributed by atoms with van der Waals surface area (Å²) < 4.78 is 1.80. The van der Waals surface area contributed by atoms with Gasteiger partial charge in [0.1, 0.15) is 0 Å². The second kappa shape index (κ2) is 3.43. The van der Waals surface area contributed by atoms with Crippen LogP contribution in [0.4, 0.5) is 0 Å². The van der Waals surface area contributed by atoms with E-state index in [2.05, 4.69) is 25.7 Å². The first-order chi connectivity index (χ1) is 7.11. The van der Waals surface area contributed by atoms with Gasteiger partial charge in [-0.1, -0.05) is 5.21 Å². The summed E-state index contributed by atoms with van der Waals surface area (Å²) in [5, 5.41) is 17.9. The number of hydrogen-bond donors (Lipinski definition) is 2. The van der Waals surface area contributed by atoms with Gasteiger partial charge in [-0.2, -0.15) is 10.3 Å². The third kappa shape index (κ3) is 1.50. The van der Waals surface area contributed by atoms with Crippen molar-refractivity contribution in [3.8, 4) is 0 Å². The molecule has 0 aliphatic carbocycles. The van der Waals surface area contributed by atoms with Gasteiger partial charge in [-0.15, -0.1) is 10.2 Å². The molecule has 15 heavy (non-hydrogen) atoms. The number of aromatic nitrogens is 6. The number of nitrogens with zero attached hydrogens (tertiary/aromatic N) is 5. The molecule has 0 radical (unpaired) electrons. The predicted molar refractivity (Wildman–Crippen MR) is 52.9 cm³/mol. The molecule has 0 aliphatic rings. The molecule has 2 heterocycles. The van der Waals surface area contributed by atoms with Gasteiger partial charge in [0.15, 0.2) is 5.82 Å². The van der Waals surface area contributed by atoms with E-state index in [1.54, 1.807) is 4.68 Å². The van der Waals surface area contributed by atoms with Crippen molar-refractivity contribution < 1.29 is 0 Å². The molecule has 2 rings (SSSR count). The van der Waals surface area contributed by atoms with Gasteiger partial charge in [0, 0.05) is 18.3 Å². The Balaban J connectivity index is 2.46. The smallest absolute Gasteiger partial charge is 0.195 e. The van der Waals surface area contributed by atoms with Gasteiger partial charge in [-0.25, -0.2) is 0 Å². The molecule has 0 fully saturated rings. The quantitative estimate of drug-likeness (QED) is 0.698. The van der Waals surface area contributed by atoms with Gasteiger partial charge < -0.3 is 5.73 Å². The van der Waals surface area contributed by atoms with E-state index >= 15 is 0 Å². The Morgan fingerprint density at radius 3 is 2.60 bits per heavy atom. The fourth-order valence-corrected chi connectivity index (χ4v) is 1.67. The average Bonchev–Trinajstić information content (AvgIpc) is 2.76. The van der Waals surface area contributed by atoms with Gasteiger partial charge in [-0.05, 0) is 13.8 Å². The third-order valence-corrected chi connectivity index (χ3v) is 2.52. The van der Waals surface area contributed by atoms with Gasteiger partial charge in [0.05, 0.1) is 11.7 Å². The van der Waals surface area contributed by atoms with Crippen molar-refractivity contribution >= 4 is 0 Å². The average molecular weight is 207 g/mol. The highest BCUT2D eigenvalue weighted by Crippen LogP contribution is 2.22. The number of aromatic amines is 1. The lowest BCUT2D eigenvalue weighted by atomic mass is 10.1. The minimum absolute atomic E-state index is 0.377. The van der Waals surface area contributed by atoms with E-state index in [0.29, 0.717) is 5.82 Å². The first-order valence-electron chi connectivity index (χ1n) is 4.60. The molecule has 2 aromatic heterocycles. The number of aryl methyl sites for hydroxylation is 2. The molecule has 1 unspecified atom stereocenters. The molecule has 7 nitrogen and oxygen atoms in total. The van der Waals surface area contributed by atoms with Crippen molar-refractivity contribution in [2.45, 2.75) is 19.9 Å². The second-order valence-corrected chi connectivity index (χ2v) is 3.46. The van der Waals surface area contributed by atoms with Crippen LogP contribution < -0.4 is 5.73 Å². The van der Waals surface area contributed by atoms with Crippen LogP contribution >= 0.6 is 0 Å². The summed E-state index contributed by atoms with van der Waals surface area (Å²) >= 11 is 0. The molecule has 0 saturated heterocycles. The number of H-pyrrole nitrogens is 1. The summed E-state index contributed by atoms with van der Waals surface area (Å²) in [5.41, 5.74) is 8.91. The Hall–Kier alpha value is -1.76.